The van der Waals surface area contributed by atoms with E-state index in [-0.39, 0.29) is 23.5 Å². The molecule has 0 bridgehead atoms. The minimum Gasteiger partial charge on any atom is -0.348 e. The molecule has 128 valence electrons. The van der Waals surface area contributed by atoms with Gasteiger partial charge in [0, 0.05) is 24.2 Å². The summed E-state index contributed by atoms with van der Waals surface area (Å²) in [6, 6.07) is 7.76. The van der Waals surface area contributed by atoms with Crippen molar-refractivity contribution in [3.05, 3.63) is 35.4 Å². The first kappa shape index (κ1) is 17.9. The number of carbonyl (C=O) groups is 1. The molecule has 1 saturated heterocycles. The Labute approximate surface area is 139 Å². The van der Waals surface area contributed by atoms with Crippen molar-refractivity contribution < 1.29 is 13.2 Å². The van der Waals surface area contributed by atoms with Crippen molar-refractivity contribution >= 4 is 15.7 Å². The van der Waals surface area contributed by atoms with E-state index in [4.69, 9.17) is 0 Å². The minimum absolute atomic E-state index is 0.0523. The van der Waals surface area contributed by atoms with Crippen LogP contribution in [0.3, 0.4) is 0 Å². The van der Waals surface area contributed by atoms with Crippen molar-refractivity contribution in [1.82, 2.24) is 10.2 Å². The second-order valence-corrected chi connectivity index (χ2v) is 8.66. The maximum absolute atomic E-state index is 12.2. The predicted octanol–water partition coefficient (Wildman–Crippen LogP) is 1.83. The molecule has 1 atom stereocenters. The van der Waals surface area contributed by atoms with E-state index in [1.54, 1.807) is 0 Å². The summed E-state index contributed by atoms with van der Waals surface area (Å²) in [6.07, 6.45) is 0.506. The molecule has 1 N–H and O–H groups in total. The number of nitrogens with zero attached hydrogens (tertiary/aromatic N) is 1. The Balaban J connectivity index is 1.95. The molecule has 1 fully saturated rings. The number of amides is 1. The molecule has 0 aliphatic carbocycles. The van der Waals surface area contributed by atoms with Gasteiger partial charge in [0.25, 0.3) is 5.91 Å². The molecule has 5 nitrogen and oxygen atoms in total. The molecule has 23 heavy (non-hydrogen) atoms. The molecule has 1 aliphatic heterocycles. The largest absolute Gasteiger partial charge is 0.348 e. The van der Waals surface area contributed by atoms with Gasteiger partial charge in [-0.2, -0.15) is 0 Å². The first-order chi connectivity index (χ1) is 10.8. The lowest BCUT2D eigenvalue weighted by atomic mass is 10.1. The Morgan fingerprint density at radius 3 is 2.43 bits per heavy atom. The molecule has 0 unspecified atom stereocenters. The van der Waals surface area contributed by atoms with Crippen LogP contribution in [-0.4, -0.2) is 49.4 Å². The van der Waals surface area contributed by atoms with E-state index in [1.807, 2.05) is 24.3 Å². The summed E-state index contributed by atoms with van der Waals surface area (Å²) in [5.74, 6) is 0.0187. The monoisotopic (exact) mass is 338 g/mol. The van der Waals surface area contributed by atoms with E-state index in [9.17, 15) is 13.2 Å². The molecule has 1 aromatic carbocycles. The minimum atomic E-state index is -2.97. The van der Waals surface area contributed by atoms with Crippen LogP contribution in [0.25, 0.3) is 0 Å². The second-order valence-electron chi connectivity index (χ2n) is 6.43. The molecular formula is C17H26N2O3S. The van der Waals surface area contributed by atoms with Crippen molar-refractivity contribution in [2.45, 2.75) is 45.8 Å². The third-order valence-electron chi connectivity index (χ3n) is 4.31. The molecule has 0 radical (unpaired) electrons. The van der Waals surface area contributed by atoms with Crippen LogP contribution in [0.2, 0.25) is 0 Å². The quantitative estimate of drug-likeness (QED) is 0.859. The fraction of sp³-hybridized carbons (Fsp3) is 0.588. The SMILES string of the molecule is CCN(Cc1ccc(C(=O)N[C@H]2CCS(=O)(=O)C2)cc1)C(C)C. The maximum Gasteiger partial charge on any atom is 0.251 e. The zero-order chi connectivity index (χ0) is 17.0. The highest BCUT2D eigenvalue weighted by Crippen LogP contribution is 2.13. The zero-order valence-electron chi connectivity index (χ0n) is 14.1. The van der Waals surface area contributed by atoms with Crippen molar-refractivity contribution in [3.63, 3.8) is 0 Å². The fourth-order valence-electron chi connectivity index (χ4n) is 2.83. The summed E-state index contributed by atoms with van der Waals surface area (Å²) in [4.78, 5) is 14.5. The maximum atomic E-state index is 12.2. The van der Waals surface area contributed by atoms with Crippen LogP contribution in [0.15, 0.2) is 24.3 Å². The molecule has 1 aromatic rings. The van der Waals surface area contributed by atoms with Crippen LogP contribution in [0.1, 0.15) is 43.1 Å². The summed E-state index contributed by atoms with van der Waals surface area (Å²) in [5, 5.41) is 2.81. The van der Waals surface area contributed by atoms with Gasteiger partial charge in [-0.1, -0.05) is 19.1 Å². The van der Waals surface area contributed by atoms with Gasteiger partial charge in [-0.05, 0) is 44.5 Å². The molecular weight excluding hydrogens is 312 g/mol. The van der Waals surface area contributed by atoms with Crippen LogP contribution in [0, 0.1) is 0 Å². The third-order valence-corrected chi connectivity index (χ3v) is 6.07. The van der Waals surface area contributed by atoms with Gasteiger partial charge in [-0.25, -0.2) is 8.42 Å². The summed E-state index contributed by atoms with van der Waals surface area (Å²) in [7, 11) is -2.97. The van der Waals surface area contributed by atoms with Gasteiger partial charge in [0.05, 0.1) is 11.5 Å². The summed E-state index contributed by atoms with van der Waals surface area (Å²) >= 11 is 0. The lowest BCUT2D eigenvalue weighted by molar-refractivity contribution is 0.0941. The van der Waals surface area contributed by atoms with E-state index in [0.717, 1.165) is 13.1 Å². The molecule has 6 heteroatoms. The van der Waals surface area contributed by atoms with Gasteiger partial charge in [0.2, 0.25) is 0 Å². The standard InChI is InChI=1S/C17H26N2O3S/c1-4-19(13(2)3)11-14-5-7-15(8-6-14)17(20)18-16-9-10-23(21,22)12-16/h5-8,13,16H,4,9-12H2,1-3H3,(H,18,20)/t16-/m0/s1. The molecule has 1 heterocycles. The summed E-state index contributed by atoms with van der Waals surface area (Å²) in [5.41, 5.74) is 1.74. The molecule has 1 aliphatic rings. The lowest BCUT2D eigenvalue weighted by Crippen LogP contribution is -2.35. The van der Waals surface area contributed by atoms with Crippen LogP contribution < -0.4 is 5.32 Å². The molecule has 0 aromatic heterocycles. The number of hydrogen-bond acceptors (Lipinski definition) is 4. The predicted molar refractivity (Wildman–Crippen MR) is 92.2 cm³/mol. The first-order valence-corrected chi connectivity index (χ1v) is 9.97. The zero-order valence-corrected chi connectivity index (χ0v) is 14.9. The van der Waals surface area contributed by atoms with Crippen LogP contribution in [0.4, 0.5) is 0 Å². The highest BCUT2D eigenvalue weighted by molar-refractivity contribution is 7.91. The average molecular weight is 338 g/mol. The van der Waals surface area contributed by atoms with Gasteiger partial charge in [-0.15, -0.1) is 0 Å². The molecule has 0 spiro atoms. The number of carbonyl (C=O) groups excluding carboxylic acids is 1. The number of benzene rings is 1. The second kappa shape index (κ2) is 7.45. The van der Waals surface area contributed by atoms with Crippen LogP contribution in [-0.2, 0) is 16.4 Å². The van der Waals surface area contributed by atoms with Crippen LogP contribution >= 0.6 is 0 Å². The Morgan fingerprint density at radius 1 is 1.30 bits per heavy atom. The Bertz CT molecular complexity index is 638. The third kappa shape index (κ3) is 5.04. The average Bonchev–Trinajstić information content (AvgIpc) is 2.83. The van der Waals surface area contributed by atoms with Crippen LogP contribution in [0.5, 0.6) is 0 Å². The normalized spacial score (nSPS) is 20.1. The summed E-state index contributed by atoms with van der Waals surface area (Å²) in [6.45, 7) is 8.31. The van der Waals surface area contributed by atoms with E-state index in [1.165, 1.54) is 5.56 Å². The molecule has 1 amide bonds. The lowest BCUT2D eigenvalue weighted by Gasteiger charge is -2.24. The first-order valence-electron chi connectivity index (χ1n) is 8.15. The molecule has 2 rings (SSSR count). The Hall–Kier alpha value is -1.40. The van der Waals surface area contributed by atoms with Crippen molar-refractivity contribution in [2.75, 3.05) is 18.1 Å². The fourth-order valence-corrected chi connectivity index (χ4v) is 4.51. The highest BCUT2D eigenvalue weighted by atomic mass is 32.2. The van der Waals surface area contributed by atoms with Gasteiger partial charge in [0.15, 0.2) is 9.84 Å². The van der Waals surface area contributed by atoms with Crippen molar-refractivity contribution in [1.29, 1.82) is 0 Å². The highest BCUT2D eigenvalue weighted by Gasteiger charge is 2.29. The van der Waals surface area contributed by atoms with Gasteiger partial charge in [0.1, 0.15) is 0 Å². The number of sulfone groups is 1. The van der Waals surface area contributed by atoms with Crippen molar-refractivity contribution in [3.8, 4) is 0 Å². The number of nitrogens with one attached hydrogen (secondary N) is 1. The number of hydrogen-bond donors (Lipinski definition) is 1. The van der Waals surface area contributed by atoms with E-state index in [0.29, 0.717) is 18.0 Å². The molecule has 0 saturated carbocycles. The van der Waals surface area contributed by atoms with E-state index in [2.05, 4.69) is 31.0 Å². The summed E-state index contributed by atoms with van der Waals surface area (Å²) < 4.78 is 22.9. The van der Waals surface area contributed by atoms with Gasteiger partial charge in [-0.3, -0.25) is 9.69 Å². The Morgan fingerprint density at radius 2 is 1.96 bits per heavy atom. The Kier molecular flexibility index (Phi) is 5.81. The number of rotatable bonds is 6. The van der Waals surface area contributed by atoms with E-state index < -0.39 is 9.84 Å². The topological polar surface area (TPSA) is 66.5 Å². The van der Waals surface area contributed by atoms with Gasteiger partial charge >= 0.3 is 0 Å². The van der Waals surface area contributed by atoms with Gasteiger partial charge < -0.3 is 5.32 Å². The smallest absolute Gasteiger partial charge is 0.251 e. The van der Waals surface area contributed by atoms with E-state index >= 15 is 0 Å². The van der Waals surface area contributed by atoms with Crippen molar-refractivity contribution in [2.24, 2.45) is 0 Å².